The fourth-order valence-corrected chi connectivity index (χ4v) is 2.34. The number of carbonyl (C=O) groups excluding carboxylic acids is 1. The molecule has 1 aromatic carbocycles. The van der Waals surface area contributed by atoms with E-state index in [0.29, 0.717) is 22.8 Å². The van der Waals surface area contributed by atoms with Crippen LogP contribution in [0, 0.1) is 0 Å². The molecule has 20 heavy (non-hydrogen) atoms. The fraction of sp³-hybridized carbons (Fsp3) is 0.500. The Morgan fingerprint density at radius 2 is 2.15 bits per heavy atom. The van der Waals surface area contributed by atoms with Gasteiger partial charge in [0.2, 0.25) is 0 Å². The van der Waals surface area contributed by atoms with Crippen molar-refractivity contribution in [2.75, 3.05) is 45.1 Å². The summed E-state index contributed by atoms with van der Waals surface area (Å²) in [5.41, 5.74) is 6.62. The van der Waals surface area contributed by atoms with Crippen LogP contribution in [0.25, 0.3) is 0 Å². The van der Waals surface area contributed by atoms with Gasteiger partial charge in [-0.25, -0.2) is 0 Å². The largest absolute Gasteiger partial charge is 0.399 e. The third kappa shape index (κ3) is 4.37. The van der Waals surface area contributed by atoms with E-state index in [1.165, 1.54) is 0 Å². The normalized spacial score (nSPS) is 16.1. The highest BCUT2D eigenvalue weighted by molar-refractivity contribution is 6.34. The van der Waals surface area contributed by atoms with E-state index < -0.39 is 0 Å². The van der Waals surface area contributed by atoms with Gasteiger partial charge in [0.15, 0.2) is 0 Å². The van der Waals surface area contributed by atoms with Crippen LogP contribution in [-0.2, 0) is 4.74 Å². The first kappa shape index (κ1) is 15.1. The first-order valence-corrected chi connectivity index (χ1v) is 7.18. The van der Waals surface area contributed by atoms with E-state index in [2.05, 4.69) is 10.2 Å². The summed E-state index contributed by atoms with van der Waals surface area (Å²) < 4.78 is 5.29. The summed E-state index contributed by atoms with van der Waals surface area (Å²) in [6.07, 6.45) is 0.908. The molecule has 1 heterocycles. The molecule has 1 aliphatic heterocycles. The number of anilines is 1. The smallest absolute Gasteiger partial charge is 0.252 e. The molecule has 6 heteroatoms. The van der Waals surface area contributed by atoms with Gasteiger partial charge >= 0.3 is 0 Å². The number of hydrogen-bond donors (Lipinski definition) is 2. The molecule has 1 fully saturated rings. The molecular weight excluding hydrogens is 278 g/mol. The molecule has 0 bridgehead atoms. The lowest BCUT2D eigenvalue weighted by atomic mass is 10.2. The van der Waals surface area contributed by atoms with Crippen molar-refractivity contribution in [1.29, 1.82) is 0 Å². The molecule has 5 nitrogen and oxygen atoms in total. The van der Waals surface area contributed by atoms with E-state index in [0.717, 1.165) is 39.3 Å². The highest BCUT2D eigenvalue weighted by Gasteiger charge is 2.12. The van der Waals surface area contributed by atoms with Crippen LogP contribution in [0.15, 0.2) is 18.2 Å². The number of ether oxygens (including phenoxy) is 1. The van der Waals surface area contributed by atoms with Crippen molar-refractivity contribution in [3.05, 3.63) is 28.8 Å². The third-order valence-corrected chi connectivity index (χ3v) is 3.61. The number of carbonyl (C=O) groups is 1. The average molecular weight is 298 g/mol. The number of amides is 1. The summed E-state index contributed by atoms with van der Waals surface area (Å²) in [5, 5.41) is 3.29. The van der Waals surface area contributed by atoms with Crippen molar-refractivity contribution in [3.8, 4) is 0 Å². The Morgan fingerprint density at radius 1 is 1.40 bits per heavy atom. The van der Waals surface area contributed by atoms with Gasteiger partial charge in [-0.05, 0) is 31.2 Å². The van der Waals surface area contributed by atoms with Gasteiger partial charge in [0, 0.05) is 25.3 Å². The van der Waals surface area contributed by atoms with E-state index in [9.17, 15) is 4.79 Å². The molecule has 1 aromatic rings. The summed E-state index contributed by atoms with van der Waals surface area (Å²) in [7, 11) is 0. The zero-order valence-electron chi connectivity index (χ0n) is 11.4. The molecular formula is C14H20ClN3O2. The minimum Gasteiger partial charge on any atom is -0.399 e. The van der Waals surface area contributed by atoms with E-state index in [4.69, 9.17) is 22.1 Å². The van der Waals surface area contributed by atoms with Gasteiger partial charge in [-0.15, -0.1) is 0 Å². The van der Waals surface area contributed by atoms with Crippen molar-refractivity contribution in [2.45, 2.75) is 6.42 Å². The van der Waals surface area contributed by atoms with Crippen LogP contribution < -0.4 is 11.1 Å². The maximum atomic E-state index is 12.0. The number of halogens is 1. The summed E-state index contributed by atoms with van der Waals surface area (Å²) in [6.45, 7) is 5.12. The van der Waals surface area contributed by atoms with Gasteiger partial charge in [0.1, 0.15) is 0 Å². The quantitative estimate of drug-likeness (QED) is 0.636. The number of morpholine rings is 1. The third-order valence-electron chi connectivity index (χ3n) is 3.28. The number of nitrogens with one attached hydrogen (secondary N) is 1. The number of nitrogens with zero attached hydrogens (tertiary/aromatic N) is 1. The Morgan fingerprint density at radius 3 is 2.90 bits per heavy atom. The van der Waals surface area contributed by atoms with Crippen LogP contribution in [0.4, 0.5) is 5.69 Å². The monoisotopic (exact) mass is 297 g/mol. The second-order valence-electron chi connectivity index (χ2n) is 4.80. The van der Waals surface area contributed by atoms with E-state index >= 15 is 0 Å². The molecule has 0 aliphatic carbocycles. The summed E-state index contributed by atoms with van der Waals surface area (Å²) >= 11 is 5.99. The van der Waals surface area contributed by atoms with Crippen molar-refractivity contribution < 1.29 is 9.53 Å². The Labute approximate surface area is 124 Å². The van der Waals surface area contributed by atoms with Crippen molar-refractivity contribution in [1.82, 2.24) is 10.2 Å². The van der Waals surface area contributed by atoms with Crippen LogP contribution >= 0.6 is 11.6 Å². The second kappa shape index (κ2) is 7.47. The lowest BCUT2D eigenvalue weighted by Gasteiger charge is -2.26. The predicted molar refractivity (Wildman–Crippen MR) is 80.1 cm³/mol. The number of nitrogen functional groups attached to an aromatic ring is 1. The predicted octanol–water partition coefficient (Wildman–Crippen LogP) is 1.37. The molecule has 1 amide bonds. The zero-order valence-corrected chi connectivity index (χ0v) is 12.2. The van der Waals surface area contributed by atoms with Gasteiger partial charge in [0.05, 0.1) is 23.8 Å². The maximum Gasteiger partial charge on any atom is 0.252 e. The lowest BCUT2D eigenvalue weighted by Crippen LogP contribution is -2.38. The van der Waals surface area contributed by atoms with E-state index in [-0.39, 0.29) is 5.91 Å². The Bertz CT molecular complexity index is 462. The molecule has 0 aromatic heterocycles. The average Bonchev–Trinajstić information content (AvgIpc) is 2.47. The molecule has 3 N–H and O–H groups in total. The van der Waals surface area contributed by atoms with Gasteiger partial charge in [-0.1, -0.05) is 11.6 Å². The van der Waals surface area contributed by atoms with Crippen LogP contribution in [0.1, 0.15) is 16.8 Å². The molecule has 0 spiro atoms. The summed E-state index contributed by atoms with van der Waals surface area (Å²) in [5.74, 6) is -0.177. The molecule has 1 saturated heterocycles. The molecule has 2 rings (SSSR count). The topological polar surface area (TPSA) is 67.6 Å². The van der Waals surface area contributed by atoms with Gasteiger partial charge in [-0.3, -0.25) is 9.69 Å². The standard InChI is InChI=1S/C14H20ClN3O2/c15-13-3-2-11(16)10-12(13)14(19)17-4-1-5-18-6-8-20-9-7-18/h2-3,10H,1,4-9,16H2,(H,17,19). The number of nitrogens with two attached hydrogens (primary N) is 1. The van der Waals surface area contributed by atoms with Crippen LogP contribution in [0.5, 0.6) is 0 Å². The lowest BCUT2D eigenvalue weighted by molar-refractivity contribution is 0.0374. The maximum absolute atomic E-state index is 12.0. The zero-order chi connectivity index (χ0) is 14.4. The van der Waals surface area contributed by atoms with Crippen LogP contribution in [0.3, 0.4) is 0 Å². The van der Waals surface area contributed by atoms with E-state index in [1.807, 2.05) is 0 Å². The highest BCUT2D eigenvalue weighted by Crippen LogP contribution is 2.18. The fourth-order valence-electron chi connectivity index (χ4n) is 2.14. The molecule has 0 unspecified atom stereocenters. The van der Waals surface area contributed by atoms with Crippen molar-refractivity contribution >= 4 is 23.2 Å². The van der Waals surface area contributed by atoms with Gasteiger partial charge < -0.3 is 15.8 Å². The number of hydrogen-bond acceptors (Lipinski definition) is 4. The highest BCUT2D eigenvalue weighted by atomic mass is 35.5. The number of rotatable bonds is 5. The SMILES string of the molecule is Nc1ccc(Cl)c(C(=O)NCCCN2CCOCC2)c1. The molecule has 0 radical (unpaired) electrons. The molecule has 110 valence electrons. The van der Waals surface area contributed by atoms with Crippen molar-refractivity contribution in [2.24, 2.45) is 0 Å². The van der Waals surface area contributed by atoms with E-state index in [1.54, 1.807) is 18.2 Å². The minimum absolute atomic E-state index is 0.177. The first-order valence-electron chi connectivity index (χ1n) is 6.80. The molecule has 1 aliphatic rings. The Balaban J connectivity index is 1.73. The number of benzene rings is 1. The van der Waals surface area contributed by atoms with Crippen LogP contribution in [0.2, 0.25) is 5.02 Å². The van der Waals surface area contributed by atoms with Gasteiger partial charge in [-0.2, -0.15) is 0 Å². The Hall–Kier alpha value is -1.30. The van der Waals surface area contributed by atoms with Gasteiger partial charge in [0.25, 0.3) is 5.91 Å². The Kier molecular flexibility index (Phi) is 5.64. The summed E-state index contributed by atoms with van der Waals surface area (Å²) in [6, 6.07) is 4.91. The minimum atomic E-state index is -0.177. The van der Waals surface area contributed by atoms with Crippen molar-refractivity contribution in [3.63, 3.8) is 0 Å². The second-order valence-corrected chi connectivity index (χ2v) is 5.21. The first-order chi connectivity index (χ1) is 9.66. The molecule has 0 saturated carbocycles. The van der Waals surface area contributed by atoms with Crippen LogP contribution in [-0.4, -0.2) is 50.2 Å². The molecule has 0 atom stereocenters. The summed E-state index contributed by atoms with van der Waals surface area (Å²) in [4.78, 5) is 14.3.